The van der Waals surface area contributed by atoms with Gasteiger partial charge in [0.15, 0.2) is 0 Å². The molecule has 0 saturated heterocycles. The fraction of sp³-hybridized carbons (Fsp3) is 0.0714. The molecular formula is C14H15N3O4S. The maximum atomic E-state index is 11.7. The topological polar surface area (TPSA) is 136 Å². The van der Waals surface area contributed by atoms with Crippen LogP contribution >= 0.6 is 0 Å². The third-order valence-electron chi connectivity index (χ3n) is 3.09. The Kier molecular flexibility index (Phi) is 4.07. The number of benzene rings is 2. The van der Waals surface area contributed by atoms with Gasteiger partial charge in [-0.15, -0.1) is 0 Å². The van der Waals surface area contributed by atoms with Gasteiger partial charge in [0.05, 0.1) is 16.9 Å². The number of carboxylic acids is 1. The SMILES string of the molecule is Cc1ccccc1Nc1c(N)cc(C(=O)O)cc1S(N)(=O)=O. The van der Waals surface area contributed by atoms with E-state index in [0.717, 1.165) is 11.6 Å². The number of nitrogens with two attached hydrogens (primary N) is 2. The molecule has 0 spiro atoms. The second kappa shape index (κ2) is 5.66. The van der Waals surface area contributed by atoms with Gasteiger partial charge in [-0.25, -0.2) is 18.4 Å². The molecule has 0 atom stereocenters. The zero-order valence-corrected chi connectivity index (χ0v) is 12.5. The zero-order valence-electron chi connectivity index (χ0n) is 11.7. The van der Waals surface area contributed by atoms with Crippen LogP contribution in [-0.4, -0.2) is 19.5 Å². The standard InChI is InChI=1S/C14H15N3O4S/c1-8-4-2-3-5-11(8)17-13-10(15)6-9(14(18)19)7-12(13)22(16,20)21/h2-7,17H,15H2,1H3,(H,18,19)(H2,16,20,21). The van der Waals surface area contributed by atoms with E-state index in [1.807, 2.05) is 19.1 Å². The summed E-state index contributed by atoms with van der Waals surface area (Å²) in [7, 11) is -4.15. The molecule has 2 aromatic carbocycles. The summed E-state index contributed by atoms with van der Waals surface area (Å²) in [4.78, 5) is 10.7. The molecule has 0 aliphatic rings. The number of primary sulfonamides is 1. The highest BCUT2D eigenvalue weighted by atomic mass is 32.2. The van der Waals surface area contributed by atoms with Crippen LogP contribution in [0.3, 0.4) is 0 Å². The molecule has 6 N–H and O–H groups in total. The third-order valence-corrected chi connectivity index (χ3v) is 4.03. The first-order chi connectivity index (χ1) is 10.2. The van der Waals surface area contributed by atoms with Gasteiger partial charge in [-0.2, -0.15) is 0 Å². The molecule has 0 aliphatic carbocycles. The molecule has 0 radical (unpaired) electrons. The molecule has 0 saturated carbocycles. The normalized spacial score (nSPS) is 11.2. The molecule has 0 fully saturated rings. The molecule has 116 valence electrons. The van der Waals surface area contributed by atoms with Crippen molar-refractivity contribution >= 4 is 33.1 Å². The molecule has 2 rings (SSSR count). The summed E-state index contributed by atoms with van der Waals surface area (Å²) in [5.74, 6) is -1.29. The Hall–Kier alpha value is -2.58. The van der Waals surface area contributed by atoms with E-state index < -0.39 is 16.0 Å². The summed E-state index contributed by atoms with van der Waals surface area (Å²) >= 11 is 0. The highest BCUT2D eigenvalue weighted by molar-refractivity contribution is 7.89. The average Bonchev–Trinajstić information content (AvgIpc) is 2.41. The van der Waals surface area contributed by atoms with Gasteiger partial charge in [0.25, 0.3) is 0 Å². The summed E-state index contributed by atoms with van der Waals surface area (Å²) in [6.07, 6.45) is 0. The van der Waals surface area contributed by atoms with E-state index in [0.29, 0.717) is 5.69 Å². The van der Waals surface area contributed by atoms with Crippen LogP contribution in [-0.2, 0) is 10.0 Å². The van der Waals surface area contributed by atoms with E-state index in [2.05, 4.69) is 5.32 Å². The first kappa shape index (κ1) is 15.8. The molecule has 0 heterocycles. The smallest absolute Gasteiger partial charge is 0.335 e. The fourth-order valence-corrected chi connectivity index (χ4v) is 2.71. The minimum absolute atomic E-state index is 0.0211. The lowest BCUT2D eigenvalue weighted by atomic mass is 10.1. The molecule has 2 aromatic rings. The lowest BCUT2D eigenvalue weighted by molar-refractivity contribution is 0.0696. The van der Waals surface area contributed by atoms with Crippen molar-refractivity contribution in [3.63, 3.8) is 0 Å². The van der Waals surface area contributed by atoms with E-state index in [4.69, 9.17) is 16.0 Å². The number of anilines is 3. The number of nitrogen functional groups attached to an aromatic ring is 1. The van der Waals surface area contributed by atoms with Crippen molar-refractivity contribution in [3.05, 3.63) is 47.5 Å². The number of aryl methyl sites for hydroxylation is 1. The van der Waals surface area contributed by atoms with Gasteiger partial charge in [-0.3, -0.25) is 0 Å². The predicted octanol–water partition coefficient (Wildman–Crippen LogP) is 1.67. The van der Waals surface area contributed by atoms with Gasteiger partial charge in [0, 0.05) is 5.69 Å². The molecule has 8 heteroatoms. The van der Waals surface area contributed by atoms with Crippen LogP contribution in [0.25, 0.3) is 0 Å². The molecule has 0 unspecified atom stereocenters. The van der Waals surface area contributed by atoms with E-state index in [-0.39, 0.29) is 21.8 Å². The van der Waals surface area contributed by atoms with Gasteiger partial charge in [0.2, 0.25) is 10.0 Å². The maximum Gasteiger partial charge on any atom is 0.335 e. The Morgan fingerprint density at radius 3 is 2.41 bits per heavy atom. The Balaban J connectivity index is 2.65. The fourth-order valence-electron chi connectivity index (χ4n) is 1.97. The van der Waals surface area contributed by atoms with Crippen LogP contribution in [0.2, 0.25) is 0 Å². The van der Waals surface area contributed by atoms with Crippen molar-refractivity contribution in [1.29, 1.82) is 0 Å². The van der Waals surface area contributed by atoms with Gasteiger partial charge in [-0.1, -0.05) is 18.2 Å². The Labute approximate surface area is 127 Å². The van der Waals surface area contributed by atoms with Gasteiger partial charge in [0.1, 0.15) is 4.90 Å². The van der Waals surface area contributed by atoms with Crippen LogP contribution in [0, 0.1) is 6.92 Å². The van der Waals surface area contributed by atoms with E-state index in [1.54, 1.807) is 12.1 Å². The van der Waals surface area contributed by atoms with Crippen molar-refractivity contribution in [2.24, 2.45) is 5.14 Å². The summed E-state index contributed by atoms with van der Waals surface area (Å²) in [5.41, 5.74) is 7.10. The second-order valence-electron chi connectivity index (χ2n) is 4.73. The molecule has 22 heavy (non-hydrogen) atoms. The first-order valence-corrected chi connectivity index (χ1v) is 7.77. The van der Waals surface area contributed by atoms with Crippen molar-refractivity contribution in [2.75, 3.05) is 11.1 Å². The first-order valence-electron chi connectivity index (χ1n) is 6.22. The number of aromatic carboxylic acids is 1. The molecule has 0 amide bonds. The number of rotatable bonds is 4. The summed E-state index contributed by atoms with van der Waals surface area (Å²) in [6, 6.07) is 9.34. The minimum atomic E-state index is -4.15. The van der Waals surface area contributed by atoms with Crippen molar-refractivity contribution in [1.82, 2.24) is 0 Å². The van der Waals surface area contributed by atoms with Gasteiger partial charge in [-0.05, 0) is 30.7 Å². The number of nitrogens with one attached hydrogen (secondary N) is 1. The molecule has 0 bridgehead atoms. The maximum absolute atomic E-state index is 11.7. The lowest BCUT2D eigenvalue weighted by Gasteiger charge is -2.16. The number of sulfonamides is 1. The van der Waals surface area contributed by atoms with Crippen LogP contribution in [0.4, 0.5) is 17.1 Å². The molecule has 0 aromatic heterocycles. The third kappa shape index (κ3) is 3.18. The summed E-state index contributed by atoms with van der Waals surface area (Å²) in [5, 5.41) is 17.1. The molecule has 0 aliphatic heterocycles. The predicted molar refractivity (Wildman–Crippen MR) is 83.6 cm³/mol. The van der Waals surface area contributed by atoms with Crippen molar-refractivity contribution < 1.29 is 18.3 Å². The van der Waals surface area contributed by atoms with Gasteiger partial charge < -0.3 is 16.2 Å². The monoisotopic (exact) mass is 321 g/mol. The van der Waals surface area contributed by atoms with E-state index in [1.165, 1.54) is 6.07 Å². The van der Waals surface area contributed by atoms with Crippen LogP contribution in [0.15, 0.2) is 41.3 Å². The Morgan fingerprint density at radius 2 is 1.86 bits per heavy atom. The number of hydrogen-bond donors (Lipinski definition) is 4. The van der Waals surface area contributed by atoms with Crippen LogP contribution in [0.5, 0.6) is 0 Å². The number of hydrogen-bond acceptors (Lipinski definition) is 5. The average molecular weight is 321 g/mol. The molecule has 7 nitrogen and oxygen atoms in total. The van der Waals surface area contributed by atoms with E-state index in [9.17, 15) is 13.2 Å². The quantitative estimate of drug-likeness (QED) is 0.632. The highest BCUT2D eigenvalue weighted by Gasteiger charge is 2.20. The van der Waals surface area contributed by atoms with Crippen LogP contribution in [0.1, 0.15) is 15.9 Å². The Morgan fingerprint density at radius 1 is 1.23 bits per heavy atom. The van der Waals surface area contributed by atoms with Crippen LogP contribution < -0.4 is 16.2 Å². The lowest BCUT2D eigenvalue weighted by Crippen LogP contribution is -2.16. The Bertz CT molecular complexity index is 847. The second-order valence-corrected chi connectivity index (χ2v) is 6.26. The highest BCUT2D eigenvalue weighted by Crippen LogP contribution is 2.32. The number of carbonyl (C=O) groups is 1. The largest absolute Gasteiger partial charge is 0.478 e. The van der Waals surface area contributed by atoms with E-state index >= 15 is 0 Å². The zero-order chi connectivity index (χ0) is 16.5. The number of carboxylic acid groups (broad SMARTS) is 1. The van der Waals surface area contributed by atoms with Crippen molar-refractivity contribution in [3.8, 4) is 0 Å². The number of para-hydroxylation sites is 1. The van der Waals surface area contributed by atoms with Gasteiger partial charge >= 0.3 is 5.97 Å². The summed E-state index contributed by atoms with van der Waals surface area (Å²) < 4.78 is 23.5. The molecular weight excluding hydrogens is 306 g/mol. The summed E-state index contributed by atoms with van der Waals surface area (Å²) in [6.45, 7) is 1.83. The van der Waals surface area contributed by atoms with Crippen molar-refractivity contribution in [2.45, 2.75) is 11.8 Å². The minimum Gasteiger partial charge on any atom is -0.478 e.